The predicted octanol–water partition coefficient (Wildman–Crippen LogP) is 3.46. The van der Waals surface area contributed by atoms with E-state index in [1.165, 1.54) is 0 Å². The zero-order valence-corrected chi connectivity index (χ0v) is 13.7. The van der Waals surface area contributed by atoms with Crippen molar-refractivity contribution in [3.05, 3.63) is 48.3 Å². The molecule has 2 heterocycles. The minimum absolute atomic E-state index is 0. The maximum Gasteiger partial charge on any atom is 0.317 e. The van der Waals surface area contributed by atoms with Crippen molar-refractivity contribution in [2.24, 2.45) is 5.73 Å². The van der Waals surface area contributed by atoms with Crippen LogP contribution in [-0.2, 0) is 0 Å². The van der Waals surface area contributed by atoms with E-state index in [1.54, 1.807) is 10.9 Å². The quantitative estimate of drug-likeness (QED) is 0.770. The molecule has 23 heavy (non-hydrogen) atoms. The molecule has 0 fully saturated rings. The molecule has 0 aliphatic rings. The SMILES string of the molecule is CC(C)c1cc(NC(N)=O)n(-c2ccc3ncccc3c2)n1.Cl. The first-order valence-electron chi connectivity index (χ1n) is 7.06. The first-order valence-corrected chi connectivity index (χ1v) is 7.06. The number of carbonyl (C=O) groups is 1. The van der Waals surface area contributed by atoms with Crippen molar-refractivity contribution in [1.82, 2.24) is 14.8 Å². The van der Waals surface area contributed by atoms with E-state index < -0.39 is 6.03 Å². The molecular formula is C16H18ClN5O. The largest absolute Gasteiger partial charge is 0.351 e. The number of rotatable bonds is 3. The predicted molar refractivity (Wildman–Crippen MR) is 93.4 cm³/mol. The molecule has 3 N–H and O–H groups in total. The lowest BCUT2D eigenvalue weighted by molar-refractivity contribution is 0.259. The number of amides is 2. The highest BCUT2D eigenvalue weighted by Gasteiger charge is 2.13. The van der Waals surface area contributed by atoms with Crippen LogP contribution in [0.4, 0.5) is 10.6 Å². The second kappa shape index (κ2) is 6.66. The van der Waals surface area contributed by atoms with Crippen LogP contribution in [0.15, 0.2) is 42.6 Å². The summed E-state index contributed by atoms with van der Waals surface area (Å²) in [6, 6.07) is 10.9. The molecule has 0 saturated carbocycles. The Bertz CT molecular complexity index is 843. The maximum atomic E-state index is 11.2. The third kappa shape index (κ3) is 3.43. The van der Waals surface area contributed by atoms with Crippen molar-refractivity contribution in [2.75, 3.05) is 5.32 Å². The lowest BCUT2D eigenvalue weighted by Crippen LogP contribution is -2.21. The summed E-state index contributed by atoms with van der Waals surface area (Å²) in [6.45, 7) is 4.09. The van der Waals surface area contributed by atoms with Gasteiger partial charge in [0.05, 0.1) is 16.9 Å². The number of hydrogen-bond donors (Lipinski definition) is 2. The summed E-state index contributed by atoms with van der Waals surface area (Å²) in [4.78, 5) is 15.5. The van der Waals surface area contributed by atoms with Crippen molar-refractivity contribution in [3.63, 3.8) is 0 Å². The molecule has 0 spiro atoms. The first-order chi connectivity index (χ1) is 10.5. The minimum atomic E-state index is -0.612. The molecule has 0 saturated heterocycles. The summed E-state index contributed by atoms with van der Waals surface area (Å²) >= 11 is 0. The molecular weight excluding hydrogens is 314 g/mol. The Labute approximate surface area is 140 Å². The van der Waals surface area contributed by atoms with E-state index in [9.17, 15) is 4.79 Å². The summed E-state index contributed by atoms with van der Waals surface area (Å²) in [7, 11) is 0. The molecule has 120 valence electrons. The van der Waals surface area contributed by atoms with E-state index in [2.05, 4.69) is 15.4 Å². The van der Waals surface area contributed by atoms with Gasteiger partial charge in [-0.1, -0.05) is 19.9 Å². The van der Waals surface area contributed by atoms with E-state index in [0.717, 1.165) is 22.3 Å². The second-order valence-electron chi connectivity index (χ2n) is 5.39. The molecule has 7 heteroatoms. The fourth-order valence-corrected chi connectivity index (χ4v) is 2.29. The number of benzene rings is 1. The van der Waals surface area contributed by atoms with E-state index >= 15 is 0 Å². The third-order valence-electron chi connectivity index (χ3n) is 3.40. The molecule has 0 unspecified atom stereocenters. The Morgan fingerprint density at radius 1 is 1.26 bits per heavy atom. The normalized spacial score (nSPS) is 10.6. The van der Waals surface area contributed by atoms with Crippen LogP contribution in [0, 0.1) is 0 Å². The van der Waals surface area contributed by atoms with E-state index in [0.29, 0.717) is 5.82 Å². The number of urea groups is 1. The monoisotopic (exact) mass is 331 g/mol. The van der Waals surface area contributed by atoms with Gasteiger partial charge in [-0.3, -0.25) is 10.3 Å². The topological polar surface area (TPSA) is 85.8 Å². The highest BCUT2D eigenvalue weighted by atomic mass is 35.5. The minimum Gasteiger partial charge on any atom is -0.351 e. The number of anilines is 1. The zero-order chi connectivity index (χ0) is 15.7. The number of carbonyl (C=O) groups excluding carboxylic acids is 1. The summed E-state index contributed by atoms with van der Waals surface area (Å²) in [5.74, 6) is 0.802. The van der Waals surface area contributed by atoms with Crippen LogP contribution in [0.2, 0.25) is 0 Å². The number of hydrogen-bond acceptors (Lipinski definition) is 3. The van der Waals surface area contributed by atoms with Crippen LogP contribution in [-0.4, -0.2) is 20.8 Å². The van der Waals surface area contributed by atoms with Crippen molar-refractivity contribution >= 4 is 35.2 Å². The number of nitrogens with one attached hydrogen (secondary N) is 1. The number of fused-ring (bicyclic) bond motifs is 1. The van der Waals surface area contributed by atoms with Gasteiger partial charge < -0.3 is 5.73 Å². The Hall–Kier alpha value is -2.60. The molecule has 3 rings (SSSR count). The van der Waals surface area contributed by atoms with Crippen LogP contribution in [0.1, 0.15) is 25.5 Å². The Morgan fingerprint density at radius 2 is 2.04 bits per heavy atom. The molecule has 0 bridgehead atoms. The maximum absolute atomic E-state index is 11.2. The summed E-state index contributed by atoms with van der Waals surface area (Å²) in [5, 5.41) is 8.19. The Balaban J connectivity index is 0.00000192. The van der Waals surface area contributed by atoms with Crippen LogP contribution in [0.5, 0.6) is 0 Å². The number of aromatic nitrogens is 3. The third-order valence-corrected chi connectivity index (χ3v) is 3.40. The van der Waals surface area contributed by atoms with Crippen LogP contribution in [0.3, 0.4) is 0 Å². The Morgan fingerprint density at radius 3 is 2.74 bits per heavy atom. The lowest BCUT2D eigenvalue weighted by Gasteiger charge is -2.08. The molecule has 2 amide bonds. The van der Waals surface area contributed by atoms with Crippen molar-refractivity contribution < 1.29 is 4.79 Å². The molecule has 0 radical (unpaired) electrons. The van der Waals surface area contributed by atoms with Crippen LogP contribution in [0.25, 0.3) is 16.6 Å². The van der Waals surface area contributed by atoms with Gasteiger partial charge in [-0.25, -0.2) is 9.48 Å². The van der Waals surface area contributed by atoms with Gasteiger partial charge in [0.25, 0.3) is 0 Å². The number of primary amides is 1. The molecule has 0 aliphatic carbocycles. The van der Waals surface area contributed by atoms with E-state index in [-0.39, 0.29) is 18.3 Å². The highest BCUT2D eigenvalue weighted by molar-refractivity contribution is 5.87. The number of nitrogens with two attached hydrogens (primary N) is 1. The van der Waals surface area contributed by atoms with Gasteiger partial charge in [0.15, 0.2) is 0 Å². The molecule has 0 atom stereocenters. The van der Waals surface area contributed by atoms with Gasteiger partial charge in [0.1, 0.15) is 5.82 Å². The van der Waals surface area contributed by atoms with Gasteiger partial charge in [-0.15, -0.1) is 12.4 Å². The molecule has 1 aromatic carbocycles. The van der Waals surface area contributed by atoms with E-state index in [4.69, 9.17) is 5.73 Å². The smallest absolute Gasteiger partial charge is 0.317 e. The number of nitrogens with zero attached hydrogens (tertiary/aromatic N) is 3. The fourth-order valence-electron chi connectivity index (χ4n) is 2.29. The molecule has 3 aromatic rings. The van der Waals surface area contributed by atoms with Gasteiger partial charge >= 0.3 is 6.03 Å². The van der Waals surface area contributed by atoms with Crippen LogP contribution < -0.4 is 11.1 Å². The molecule has 0 aliphatic heterocycles. The van der Waals surface area contributed by atoms with Crippen molar-refractivity contribution in [3.8, 4) is 5.69 Å². The standard InChI is InChI=1S/C16H17N5O.ClH/c1-10(2)14-9-15(19-16(17)22)21(20-14)12-5-6-13-11(8-12)4-3-7-18-13;/h3-10H,1-2H3,(H3,17,19,22);1H. The van der Waals surface area contributed by atoms with Crippen molar-refractivity contribution in [2.45, 2.75) is 19.8 Å². The zero-order valence-electron chi connectivity index (χ0n) is 12.9. The number of halogens is 1. The van der Waals surface area contributed by atoms with Gasteiger partial charge in [0.2, 0.25) is 0 Å². The second-order valence-corrected chi connectivity index (χ2v) is 5.39. The Kier molecular flexibility index (Phi) is 4.86. The lowest BCUT2D eigenvalue weighted by atomic mass is 10.1. The molecule has 2 aromatic heterocycles. The first kappa shape index (κ1) is 16.8. The van der Waals surface area contributed by atoms with Gasteiger partial charge in [-0.2, -0.15) is 5.10 Å². The van der Waals surface area contributed by atoms with Crippen molar-refractivity contribution in [1.29, 1.82) is 0 Å². The summed E-state index contributed by atoms with van der Waals surface area (Å²) in [6.07, 6.45) is 1.76. The fraction of sp³-hybridized carbons (Fsp3) is 0.188. The molecule has 6 nitrogen and oxygen atoms in total. The average Bonchev–Trinajstić information content (AvgIpc) is 2.90. The average molecular weight is 332 g/mol. The summed E-state index contributed by atoms with van der Waals surface area (Å²) in [5.41, 5.74) is 7.88. The van der Waals surface area contributed by atoms with Crippen LogP contribution >= 0.6 is 12.4 Å². The van der Waals surface area contributed by atoms with E-state index in [1.807, 2.05) is 50.2 Å². The summed E-state index contributed by atoms with van der Waals surface area (Å²) < 4.78 is 1.69. The highest BCUT2D eigenvalue weighted by Crippen LogP contribution is 2.24. The number of pyridine rings is 1. The van der Waals surface area contributed by atoms with Gasteiger partial charge in [0, 0.05) is 17.6 Å². The van der Waals surface area contributed by atoms with Gasteiger partial charge in [-0.05, 0) is 30.2 Å².